The van der Waals surface area contributed by atoms with E-state index in [2.05, 4.69) is 29.3 Å². The number of hydrogen-bond acceptors (Lipinski definition) is 3. The first-order valence-corrected chi connectivity index (χ1v) is 3.62. The molecule has 0 aliphatic rings. The standard InChI is InChI=1S/C8H8N2S/c1-9-7-3-2-5-10-8(7)4-6-11/h2-6,11H,1H2/b6-4-. The van der Waals surface area contributed by atoms with Crippen LogP contribution >= 0.6 is 12.6 Å². The van der Waals surface area contributed by atoms with Crippen molar-refractivity contribution in [3.05, 3.63) is 29.4 Å². The minimum Gasteiger partial charge on any atom is -0.262 e. The van der Waals surface area contributed by atoms with Gasteiger partial charge in [-0.05, 0) is 30.3 Å². The predicted octanol–water partition coefficient (Wildman–Crippen LogP) is 2.31. The van der Waals surface area contributed by atoms with Crippen molar-refractivity contribution < 1.29 is 0 Å². The molecule has 0 saturated heterocycles. The molecular formula is C8H8N2S. The lowest BCUT2D eigenvalue weighted by Gasteiger charge is -1.95. The molecule has 0 aliphatic carbocycles. The largest absolute Gasteiger partial charge is 0.262 e. The van der Waals surface area contributed by atoms with Gasteiger partial charge in [-0.25, -0.2) is 0 Å². The second kappa shape index (κ2) is 3.93. The molecule has 1 rings (SSSR count). The molecule has 0 spiro atoms. The van der Waals surface area contributed by atoms with Gasteiger partial charge < -0.3 is 0 Å². The van der Waals surface area contributed by atoms with Gasteiger partial charge in [0.2, 0.25) is 0 Å². The molecule has 0 bridgehead atoms. The quantitative estimate of drug-likeness (QED) is 0.526. The lowest BCUT2D eigenvalue weighted by molar-refractivity contribution is 1.28. The fourth-order valence-corrected chi connectivity index (χ4v) is 0.883. The summed E-state index contributed by atoms with van der Waals surface area (Å²) in [6.07, 6.45) is 3.48. The molecule has 0 fully saturated rings. The van der Waals surface area contributed by atoms with Gasteiger partial charge >= 0.3 is 0 Å². The molecule has 0 atom stereocenters. The number of pyridine rings is 1. The monoisotopic (exact) mass is 164 g/mol. The van der Waals surface area contributed by atoms with E-state index in [1.165, 1.54) is 0 Å². The molecule has 11 heavy (non-hydrogen) atoms. The van der Waals surface area contributed by atoms with E-state index in [0.717, 1.165) is 11.4 Å². The average molecular weight is 164 g/mol. The van der Waals surface area contributed by atoms with Gasteiger partial charge in [-0.3, -0.25) is 9.98 Å². The van der Waals surface area contributed by atoms with Gasteiger partial charge in [0.25, 0.3) is 0 Å². The van der Waals surface area contributed by atoms with Crippen molar-refractivity contribution in [3.63, 3.8) is 0 Å². The molecule has 0 saturated carbocycles. The number of thiol groups is 1. The van der Waals surface area contributed by atoms with E-state index in [1.807, 2.05) is 12.1 Å². The Balaban J connectivity index is 3.11. The molecule has 0 N–H and O–H groups in total. The Morgan fingerprint density at radius 1 is 1.64 bits per heavy atom. The zero-order valence-electron chi connectivity index (χ0n) is 5.94. The van der Waals surface area contributed by atoms with Gasteiger partial charge in [0.15, 0.2) is 0 Å². The molecule has 1 aromatic rings. The van der Waals surface area contributed by atoms with E-state index in [1.54, 1.807) is 17.7 Å². The summed E-state index contributed by atoms with van der Waals surface area (Å²) in [6, 6.07) is 3.67. The van der Waals surface area contributed by atoms with Crippen LogP contribution in [0.3, 0.4) is 0 Å². The fraction of sp³-hybridized carbons (Fsp3) is 0. The molecule has 0 amide bonds. The second-order valence-corrected chi connectivity index (χ2v) is 2.18. The second-order valence-electron chi connectivity index (χ2n) is 1.88. The Bertz CT molecular complexity index is 281. The molecule has 1 heterocycles. The van der Waals surface area contributed by atoms with E-state index >= 15 is 0 Å². The molecule has 2 nitrogen and oxygen atoms in total. The van der Waals surface area contributed by atoms with Gasteiger partial charge in [0.05, 0.1) is 11.4 Å². The maximum atomic E-state index is 4.07. The highest BCUT2D eigenvalue weighted by molar-refractivity contribution is 7.83. The van der Waals surface area contributed by atoms with Crippen molar-refractivity contribution in [2.24, 2.45) is 4.99 Å². The van der Waals surface area contributed by atoms with Crippen LogP contribution < -0.4 is 0 Å². The lowest BCUT2D eigenvalue weighted by atomic mass is 10.3. The van der Waals surface area contributed by atoms with E-state index in [0.29, 0.717) is 0 Å². The van der Waals surface area contributed by atoms with Crippen LogP contribution in [0, 0.1) is 0 Å². The van der Waals surface area contributed by atoms with Crippen LogP contribution in [0.25, 0.3) is 6.08 Å². The summed E-state index contributed by atoms with van der Waals surface area (Å²) in [4.78, 5) is 7.86. The topological polar surface area (TPSA) is 25.2 Å². The average Bonchev–Trinajstić information content (AvgIpc) is 2.06. The first kappa shape index (κ1) is 8.01. The first-order valence-electron chi connectivity index (χ1n) is 3.11. The molecule has 1 aromatic heterocycles. The summed E-state index contributed by atoms with van der Waals surface area (Å²) < 4.78 is 0. The van der Waals surface area contributed by atoms with Crippen LogP contribution in [0.2, 0.25) is 0 Å². The van der Waals surface area contributed by atoms with E-state index < -0.39 is 0 Å². The number of hydrogen-bond donors (Lipinski definition) is 1. The van der Waals surface area contributed by atoms with Gasteiger partial charge in [0, 0.05) is 6.20 Å². The highest BCUT2D eigenvalue weighted by atomic mass is 32.1. The summed E-state index contributed by atoms with van der Waals surface area (Å²) >= 11 is 3.94. The summed E-state index contributed by atoms with van der Waals surface area (Å²) in [7, 11) is 0. The Morgan fingerprint density at radius 2 is 2.45 bits per heavy atom. The Morgan fingerprint density at radius 3 is 3.09 bits per heavy atom. The van der Waals surface area contributed by atoms with Crippen molar-refractivity contribution in [1.82, 2.24) is 4.98 Å². The van der Waals surface area contributed by atoms with Crippen LogP contribution in [0.5, 0.6) is 0 Å². The summed E-state index contributed by atoms with van der Waals surface area (Å²) in [6.45, 7) is 3.43. The van der Waals surface area contributed by atoms with E-state index in [-0.39, 0.29) is 0 Å². The predicted molar refractivity (Wildman–Crippen MR) is 51.5 cm³/mol. The smallest absolute Gasteiger partial charge is 0.0890 e. The SMILES string of the molecule is C=Nc1cccnc1/C=C\S. The number of aliphatic imine (C=N–C) groups is 1. The fourth-order valence-electron chi connectivity index (χ4n) is 0.742. The molecule has 0 unspecified atom stereocenters. The first-order chi connectivity index (χ1) is 5.38. The normalized spacial score (nSPS) is 10.3. The number of rotatable bonds is 2. The summed E-state index contributed by atoms with van der Waals surface area (Å²) in [5.41, 5.74) is 1.57. The van der Waals surface area contributed by atoms with Crippen molar-refractivity contribution in [2.75, 3.05) is 0 Å². The van der Waals surface area contributed by atoms with Gasteiger partial charge in [-0.1, -0.05) is 0 Å². The van der Waals surface area contributed by atoms with E-state index in [4.69, 9.17) is 0 Å². The third-order valence-corrected chi connectivity index (χ3v) is 1.37. The molecule has 3 heteroatoms. The third kappa shape index (κ3) is 1.91. The Hall–Kier alpha value is -1.09. The summed E-state index contributed by atoms with van der Waals surface area (Å²) in [5, 5.41) is 1.62. The van der Waals surface area contributed by atoms with Crippen molar-refractivity contribution in [1.29, 1.82) is 0 Å². The van der Waals surface area contributed by atoms with Crippen LogP contribution in [0.1, 0.15) is 5.69 Å². The highest BCUT2D eigenvalue weighted by Gasteiger charge is 1.93. The third-order valence-electron chi connectivity index (χ3n) is 1.22. The Kier molecular flexibility index (Phi) is 2.86. The van der Waals surface area contributed by atoms with Gasteiger partial charge in [0.1, 0.15) is 0 Å². The van der Waals surface area contributed by atoms with Gasteiger partial charge in [-0.15, -0.1) is 0 Å². The zero-order chi connectivity index (χ0) is 8.10. The van der Waals surface area contributed by atoms with Crippen molar-refractivity contribution in [3.8, 4) is 0 Å². The maximum Gasteiger partial charge on any atom is 0.0890 e. The van der Waals surface area contributed by atoms with Gasteiger partial charge in [-0.2, -0.15) is 12.6 Å². The van der Waals surface area contributed by atoms with Crippen LogP contribution in [-0.2, 0) is 0 Å². The van der Waals surface area contributed by atoms with Crippen LogP contribution in [0.4, 0.5) is 5.69 Å². The van der Waals surface area contributed by atoms with Crippen LogP contribution in [-0.4, -0.2) is 11.7 Å². The number of aromatic nitrogens is 1. The van der Waals surface area contributed by atoms with Crippen molar-refractivity contribution >= 4 is 31.1 Å². The minimum absolute atomic E-state index is 0.776. The Labute approximate surface area is 71.1 Å². The zero-order valence-corrected chi connectivity index (χ0v) is 6.83. The molecule has 0 radical (unpaired) electrons. The molecule has 0 aliphatic heterocycles. The molecular weight excluding hydrogens is 156 g/mol. The van der Waals surface area contributed by atoms with E-state index in [9.17, 15) is 0 Å². The summed E-state index contributed by atoms with van der Waals surface area (Å²) in [5.74, 6) is 0. The lowest BCUT2D eigenvalue weighted by Crippen LogP contribution is -1.78. The maximum absolute atomic E-state index is 4.07. The molecule has 0 aromatic carbocycles. The number of nitrogens with zero attached hydrogens (tertiary/aromatic N) is 2. The van der Waals surface area contributed by atoms with Crippen molar-refractivity contribution in [2.45, 2.75) is 0 Å². The highest BCUT2D eigenvalue weighted by Crippen LogP contribution is 2.16. The molecule has 56 valence electrons. The minimum atomic E-state index is 0.776. The van der Waals surface area contributed by atoms with Crippen LogP contribution in [0.15, 0.2) is 28.7 Å².